The topological polar surface area (TPSA) is 49.2 Å². The van der Waals surface area contributed by atoms with E-state index in [0.717, 1.165) is 5.56 Å². The molecule has 1 fully saturated rings. The Bertz CT molecular complexity index is 790. The Morgan fingerprint density at radius 2 is 1.96 bits per heavy atom. The molecule has 2 aromatic heterocycles. The van der Waals surface area contributed by atoms with E-state index in [1.165, 1.54) is 10.8 Å². The first-order valence-corrected chi connectivity index (χ1v) is 8.50. The Hall–Kier alpha value is -2.06. The van der Waals surface area contributed by atoms with Crippen LogP contribution in [-0.2, 0) is 15.9 Å². The van der Waals surface area contributed by atoms with E-state index >= 15 is 0 Å². The van der Waals surface area contributed by atoms with E-state index in [9.17, 15) is 8.78 Å². The summed E-state index contributed by atoms with van der Waals surface area (Å²) in [5, 5.41) is 4.35. The van der Waals surface area contributed by atoms with Crippen molar-refractivity contribution in [3.05, 3.63) is 42.0 Å². The molecule has 3 rings (SSSR count). The summed E-state index contributed by atoms with van der Waals surface area (Å²) in [6, 6.07) is 3.58. The number of halogens is 2. The molecule has 0 saturated carbocycles. The Morgan fingerprint density at radius 1 is 1.27 bits per heavy atom. The molecule has 2 aromatic rings. The van der Waals surface area contributed by atoms with Crippen LogP contribution in [0, 0.1) is 0 Å². The number of hydrogen-bond acceptors (Lipinski definition) is 4. The summed E-state index contributed by atoms with van der Waals surface area (Å²) in [5.74, 6) is 0. The Labute approximate surface area is 152 Å². The van der Waals surface area contributed by atoms with Gasteiger partial charge in [-0.1, -0.05) is 0 Å². The summed E-state index contributed by atoms with van der Waals surface area (Å²) in [4.78, 5) is 4.06. The molecule has 8 heteroatoms. The first-order valence-electron chi connectivity index (χ1n) is 8.50. The van der Waals surface area contributed by atoms with Crippen molar-refractivity contribution in [3.8, 4) is 11.3 Å². The molecule has 0 unspecified atom stereocenters. The second-order valence-corrected chi connectivity index (χ2v) is 7.24. The lowest BCUT2D eigenvalue weighted by Gasteiger charge is -2.32. The van der Waals surface area contributed by atoms with Crippen LogP contribution in [0.1, 0.15) is 33.3 Å². The fourth-order valence-corrected chi connectivity index (χ4v) is 2.64. The molecule has 0 bridgehead atoms. The van der Waals surface area contributed by atoms with Gasteiger partial charge in [0.2, 0.25) is 0 Å². The van der Waals surface area contributed by atoms with Crippen LogP contribution in [0.3, 0.4) is 0 Å². The van der Waals surface area contributed by atoms with Gasteiger partial charge in [-0.2, -0.15) is 5.10 Å². The monoisotopic (exact) mass is 361 g/mol. The maximum atomic E-state index is 14.9. The van der Waals surface area contributed by atoms with Crippen molar-refractivity contribution in [2.75, 3.05) is 6.67 Å². The van der Waals surface area contributed by atoms with Gasteiger partial charge in [-0.3, -0.25) is 9.67 Å². The maximum Gasteiger partial charge on any atom is 0.525 e. The first-order chi connectivity index (χ1) is 12.2. The summed E-state index contributed by atoms with van der Waals surface area (Å²) in [6.45, 7) is 6.98. The minimum absolute atomic E-state index is 0.0964. The highest BCUT2D eigenvalue weighted by atomic mass is 19.1. The fourth-order valence-electron chi connectivity index (χ4n) is 2.64. The first kappa shape index (κ1) is 18.7. The lowest BCUT2D eigenvalue weighted by molar-refractivity contribution is 0.00578. The molecule has 1 saturated heterocycles. The van der Waals surface area contributed by atoms with Gasteiger partial charge in [-0.15, -0.1) is 0 Å². The van der Waals surface area contributed by atoms with Gasteiger partial charge in [-0.25, -0.2) is 8.78 Å². The predicted octanol–water partition coefficient (Wildman–Crippen LogP) is 3.86. The van der Waals surface area contributed by atoms with E-state index in [4.69, 9.17) is 9.31 Å². The standard InChI is InChI=1S/C18H22BF2N3O2/c1-17(2)18(3,4)26-19(25-17)15(21)10-14-12-24(9-7-20)23-16(14)13-6-5-8-22-11-13/h5-6,8,10-12H,7,9H2,1-4H3. The predicted molar refractivity (Wildman–Crippen MR) is 96.6 cm³/mol. The summed E-state index contributed by atoms with van der Waals surface area (Å²) >= 11 is 0. The number of alkyl halides is 1. The van der Waals surface area contributed by atoms with Crippen LogP contribution in [0.15, 0.2) is 36.4 Å². The zero-order chi connectivity index (χ0) is 18.9. The van der Waals surface area contributed by atoms with Gasteiger partial charge in [0.05, 0.1) is 17.7 Å². The molecule has 0 amide bonds. The molecule has 0 aromatic carbocycles. The third-order valence-corrected chi connectivity index (χ3v) is 4.81. The number of aromatic nitrogens is 3. The number of pyridine rings is 1. The molecule has 0 radical (unpaired) electrons. The van der Waals surface area contributed by atoms with Crippen LogP contribution >= 0.6 is 0 Å². The second-order valence-electron chi connectivity index (χ2n) is 7.24. The average Bonchev–Trinajstić information content (AvgIpc) is 3.06. The number of nitrogens with zero attached hydrogens (tertiary/aromatic N) is 3. The molecule has 0 spiro atoms. The average molecular weight is 361 g/mol. The summed E-state index contributed by atoms with van der Waals surface area (Å²) < 4.78 is 40.5. The Kier molecular flexibility index (Phi) is 4.99. The smallest absolute Gasteiger partial charge is 0.398 e. The van der Waals surface area contributed by atoms with Gasteiger partial charge >= 0.3 is 7.12 Å². The highest BCUT2D eigenvalue weighted by Crippen LogP contribution is 2.39. The SMILES string of the molecule is CC1(C)OB(C(F)=Cc2cn(CCF)nc2-c2cccnc2)OC1(C)C. The molecule has 3 heterocycles. The van der Waals surface area contributed by atoms with Crippen molar-refractivity contribution in [1.29, 1.82) is 0 Å². The number of hydrogen-bond donors (Lipinski definition) is 0. The molecule has 5 nitrogen and oxygen atoms in total. The summed E-state index contributed by atoms with van der Waals surface area (Å²) in [6.07, 6.45) is 6.20. The highest BCUT2D eigenvalue weighted by molar-refractivity contribution is 6.54. The van der Waals surface area contributed by atoms with E-state index < -0.39 is 30.7 Å². The molecule has 0 N–H and O–H groups in total. The normalized spacial score (nSPS) is 19.2. The van der Waals surface area contributed by atoms with Gasteiger partial charge in [0.1, 0.15) is 18.1 Å². The van der Waals surface area contributed by atoms with Crippen LogP contribution in [0.4, 0.5) is 8.78 Å². The molecule has 138 valence electrons. The fraction of sp³-hybridized carbons (Fsp3) is 0.444. The Balaban J connectivity index is 1.95. The van der Waals surface area contributed by atoms with E-state index in [1.807, 2.05) is 33.8 Å². The van der Waals surface area contributed by atoms with Gasteiger partial charge in [-0.05, 0) is 45.9 Å². The van der Waals surface area contributed by atoms with Gasteiger partial charge in [0, 0.05) is 29.7 Å². The summed E-state index contributed by atoms with van der Waals surface area (Å²) in [7, 11) is -1.09. The maximum absolute atomic E-state index is 14.9. The summed E-state index contributed by atoms with van der Waals surface area (Å²) in [5.41, 5.74) is -0.0653. The largest absolute Gasteiger partial charge is 0.525 e. The van der Waals surface area contributed by atoms with Gasteiger partial charge < -0.3 is 9.31 Å². The van der Waals surface area contributed by atoms with Crippen molar-refractivity contribution in [1.82, 2.24) is 14.8 Å². The lowest BCUT2D eigenvalue weighted by Crippen LogP contribution is -2.41. The molecule has 1 aliphatic rings. The molecule has 0 atom stereocenters. The molecular weight excluding hydrogens is 339 g/mol. The van der Waals surface area contributed by atoms with Crippen molar-refractivity contribution in [3.63, 3.8) is 0 Å². The quantitative estimate of drug-likeness (QED) is 0.759. The zero-order valence-electron chi connectivity index (χ0n) is 15.4. The van der Waals surface area contributed by atoms with E-state index in [0.29, 0.717) is 11.3 Å². The lowest BCUT2D eigenvalue weighted by atomic mass is 9.86. The van der Waals surface area contributed by atoms with Crippen molar-refractivity contribution in [2.45, 2.75) is 45.4 Å². The van der Waals surface area contributed by atoms with Crippen LogP contribution in [0.25, 0.3) is 17.3 Å². The third-order valence-electron chi connectivity index (χ3n) is 4.81. The van der Waals surface area contributed by atoms with Gasteiger partial charge in [0.25, 0.3) is 0 Å². The van der Waals surface area contributed by atoms with E-state index in [2.05, 4.69) is 10.1 Å². The minimum atomic E-state index is -1.09. The van der Waals surface area contributed by atoms with Crippen LogP contribution in [-0.4, -0.2) is 39.8 Å². The van der Waals surface area contributed by atoms with Crippen LogP contribution < -0.4 is 0 Å². The third kappa shape index (κ3) is 3.57. The molecular formula is C18H22BF2N3O2. The Morgan fingerprint density at radius 3 is 2.54 bits per heavy atom. The molecule has 26 heavy (non-hydrogen) atoms. The molecule has 0 aliphatic carbocycles. The number of rotatable bonds is 5. The zero-order valence-corrected chi connectivity index (χ0v) is 15.4. The minimum Gasteiger partial charge on any atom is -0.398 e. The van der Waals surface area contributed by atoms with Gasteiger partial charge in [0.15, 0.2) is 0 Å². The van der Waals surface area contributed by atoms with E-state index in [1.54, 1.807) is 24.7 Å². The highest BCUT2D eigenvalue weighted by Gasteiger charge is 2.53. The van der Waals surface area contributed by atoms with Crippen LogP contribution in [0.5, 0.6) is 0 Å². The van der Waals surface area contributed by atoms with Crippen molar-refractivity contribution >= 4 is 13.2 Å². The van der Waals surface area contributed by atoms with Crippen molar-refractivity contribution in [2.24, 2.45) is 0 Å². The molecule has 1 aliphatic heterocycles. The number of aryl methyl sites for hydroxylation is 1. The van der Waals surface area contributed by atoms with Crippen molar-refractivity contribution < 1.29 is 18.1 Å². The second kappa shape index (κ2) is 6.93. The van der Waals surface area contributed by atoms with Crippen LogP contribution in [0.2, 0.25) is 0 Å². The van der Waals surface area contributed by atoms with E-state index in [-0.39, 0.29) is 6.54 Å².